The third-order valence-electron chi connectivity index (χ3n) is 2.69. The van der Waals surface area contributed by atoms with Crippen LogP contribution in [0.4, 0.5) is 0 Å². The highest BCUT2D eigenvalue weighted by molar-refractivity contribution is 8.15. The van der Waals surface area contributed by atoms with E-state index in [1.807, 2.05) is 20.9 Å². The van der Waals surface area contributed by atoms with Crippen LogP contribution in [0.25, 0.3) is 0 Å². The summed E-state index contributed by atoms with van der Waals surface area (Å²) in [5.74, 6) is 0. The number of carbonyl (C=O) groups is 1. The molecule has 0 saturated carbocycles. The highest BCUT2D eigenvalue weighted by Gasteiger charge is 2.44. The highest BCUT2D eigenvalue weighted by atomic mass is 32.2. The van der Waals surface area contributed by atoms with Crippen LogP contribution in [0.2, 0.25) is 0 Å². The fourth-order valence-corrected chi connectivity index (χ4v) is 3.26. The van der Waals surface area contributed by atoms with E-state index in [1.54, 1.807) is 0 Å². The molecule has 0 aromatic heterocycles. The lowest BCUT2D eigenvalue weighted by Gasteiger charge is -2.37. The topological polar surface area (TPSA) is 32.3 Å². The standard InChI is InChI=1S/C8H14N2OS.C2H6/c1-10-5-7(11)12-8(10)3-2-4-9-6-8;1-2/h9H,2-6H2,1H3;1-2H3. The highest BCUT2D eigenvalue weighted by Crippen LogP contribution is 2.40. The number of nitrogens with one attached hydrogen (secondary N) is 1. The molecule has 0 aromatic carbocycles. The molecular weight excluding hydrogens is 196 g/mol. The van der Waals surface area contributed by atoms with Crippen LogP contribution in [0.3, 0.4) is 0 Å². The molecule has 2 saturated heterocycles. The van der Waals surface area contributed by atoms with Crippen LogP contribution >= 0.6 is 11.8 Å². The Labute approximate surface area is 90.6 Å². The van der Waals surface area contributed by atoms with E-state index in [4.69, 9.17) is 0 Å². The predicted octanol–water partition coefficient (Wildman–Crippen LogP) is 1.30. The van der Waals surface area contributed by atoms with E-state index in [9.17, 15) is 4.79 Å². The van der Waals surface area contributed by atoms with Gasteiger partial charge < -0.3 is 5.32 Å². The first kappa shape index (κ1) is 12.0. The number of rotatable bonds is 0. The average Bonchev–Trinajstić information content (AvgIpc) is 2.46. The lowest BCUT2D eigenvalue weighted by Crippen LogP contribution is -2.50. The minimum absolute atomic E-state index is 0.0926. The Morgan fingerprint density at radius 1 is 1.50 bits per heavy atom. The van der Waals surface area contributed by atoms with Crippen LogP contribution in [0, 0.1) is 0 Å². The molecule has 1 N–H and O–H groups in total. The Kier molecular flexibility index (Phi) is 4.41. The molecule has 0 aliphatic carbocycles. The van der Waals surface area contributed by atoms with Crippen LogP contribution in [0.5, 0.6) is 0 Å². The largest absolute Gasteiger partial charge is 0.314 e. The quantitative estimate of drug-likeness (QED) is 0.661. The van der Waals surface area contributed by atoms with Crippen LogP contribution in [-0.2, 0) is 4.79 Å². The van der Waals surface area contributed by atoms with Gasteiger partial charge in [-0.15, -0.1) is 0 Å². The molecule has 3 nitrogen and oxygen atoms in total. The van der Waals surface area contributed by atoms with E-state index >= 15 is 0 Å². The molecule has 4 heteroatoms. The summed E-state index contributed by atoms with van der Waals surface area (Å²) in [5.41, 5.74) is 0. The lowest BCUT2D eigenvalue weighted by atomic mass is 10.1. The van der Waals surface area contributed by atoms with Gasteiger partial charge >= 0.3 is 0 Å². The molecule has 2 aliphatic heterocycles. The smallest absolute Gasteiger partial charge is 0.204 e. The van der Waals surface area contributed by atoms with Gasteiger partial charge in [-0.05, 0) is 26.4 Å². The second-order valence-corrected chi connectivity index (χ2v) is 4.98. The van der Waals surface area contributed by atoms with Gasteiger partial charge in [0.2, 0.25) is 5.12 Å². The van der Waals surface area contributed by atoms with Gasteiger partial charge in [-0.3, -0.25) is 9.69 Å². The minimum atomic E-state index is 0.0926. The van der Waals surface area contributed by atoms with E-state index in [-0.39, 0.29) is 4.87 Å². The first-order chi connectivity index (χ1) is 6.73. The van der Waals surface area contributed by atoms with Crippen LogP contribution in [-0.4, -0.2) is 41.6 Å². The molecule has 2 rings (SSSR count). The summed E-state index contributed by atoms with van der Waals surface area (Å²) < 4.78 is 0. The summed E-state index contributed by atoms with van der Waals surface area (Å²) in [6.07, 6.45) is 2.33. The van der Waals surface area contributed by atoms with Gasteiger partial charge in [0.25, 0.3) is 0 Å². The molecule has 0 aromatic rings. The van der Waals surface area contributed by atoms with Crippen molar-refractivity contribution in [2.75, 3.05) is 26.7 Å². The molecule has 2 fully saturated rings. The maximum absolute atomic E-state index is 11.2. The Morgan fingerprint density at radius 3 is 2.64 bits per heavy atom. The number of thioether (sulfide) groups is 1. The Morgan fingerprint density at radius 2 is 2.21 bits per heavy atom. The number of piperidine rings is 1. The van der Waals surface area contributed by atoms with Crippen LogP contribution in [0.1, 0.15) is 26.7 Å². The van der Waals surface area contributed by atoms with Gasteiger partial charge in [0.15, 0.2) is 0 Å². The monoisotopic (exact) mass is 216 g/mol. The summed E-state index contributed by atoms with van der Waals surface area (Å²) in [6.45, 7) is 6.68. The van der Waals surface area contributed by atoms with E-state index in [0.717, 1.165) is 19.5 Å². The van der Waals surface area contributed by atoms with E-state index < -0.39 is 0 Å². The summed E-state index contributed by atoms with van der Waals surface area (Å²) in [5, 5.41) is 3.67. The number of nitrogens with zero attached hydrogens (tertiary/aromatic N) is 1. The van der Waals surface area contributed by atoms with Gasteiger partial charge in [0.05, 0.1) is 11.4 Å². The van der Waals surface area contributed by atoms with E-state index in [0.29, 0.717) is 11.7 Å². The summed E-state index contributed by atoms with van der Waals surface area (Å²) in [6, 6.07) is 0. The van der Waals surface area contributed by atoms with Crippen molar-refractivity contribution < 1.29 is 4.79 Å². The number of hydrogen-bond acceptors (Lipinski definition) is 4. The Balaban J connectivity index is 0.000000461. The van der Waals surface area contributed by atoms with Crippen LogP contribution < -0.4 is 5.32 Å². The number of likely N-dealkylation sites (N-methyl/N-ethyl adjacent to an activating group) is 1. The van der Waals surface area contributed by atoms with Gasteiger partial charge in [-0.25, -0.2) is 0 Å². The first-order valence-corrected chi connectivity index (χ1v) is 6.18. The predicted molar refractivity (Wildman–Crippen MR) is 61.4 cm³/mol. The lowest BCUT2D eigenvalue weighted by molar-refractivity contribution is -0.111. The molecule has 14 heavy (non-hydrogen) atoms. The fourth-order valence-electron chi connectivity index (χ4n) is 1.93. The first-order valence-electron chi connectivity index (χ1n) is 5.37. The van der Waals surface area contributed by atoms with Crippen LogP contribution in [0.15, 0.2) is 0 Å². The summed E-state index contributed by atoms with van der Waals surface area (Å²) in [4.78, 5) is 13.5. The van der Waals surface area contributed by atoms with Crippen molar-refractivity contribution in [2.24, 2.45) is 0 Å². The van der Waals surface area contributed by atoms with Crippen molar-refractivity contribution in [1.82, 2.24) is 10.2 Å². The fraction of sp³-hybridized carbons (Fsp3) is 0.900. The zero-order valence-corrected chi connectivity index (χ0v) is 10.1. The van der Waals surface area contributed by atoms with Gasteiger partial charge in [0.1, 0.15) is 0 Å². The average molecular weight is 216 g/mol. The van der Waals surface area contributed by atoms with Crippen molar-refractivity contribution in [3.8, 4) is 0 Å². The maximum Gasteiger partial charge on any atom is 0.204 e. The third-order valence-corrected chi connectivity index (χ3v) is 4.08. The van der Waals surface area contributed by atoms with Crippen molar-refractivity contribution in [2.45, 2.75) is 31.6 Å². The SMILES string of the molecule is CC.CN1CC(=O)SC12CCCNC2. The molecule has 1 atom stereocenters. The second-order valence-electron chi connectivity index (χ2n) is 3.56. The molecule has 2 aliphatic rings. The normalized spacial score (nSPS) is 32.9. The molecule has 2 heterocycles. The number of carbonyl (C=O) groups excluding carboxylic acids is 1. The molecule has 1 spiro atoms. The minimum Gasteiger partial charge on any atom is -0.314 e. The van der Waals surface area contributed by atoms with Gasteiger partial charge in [0, 0.05) is 6.54 Å². The van der Waals surface area contributed by atoms with Crippen molar-refractivity contribution in [1.29, 1.82) is 0 Å². The Bertz CT molecular complexity index is 202. The second kappa shape index (κ2) is 5.14. The maximum atomic E-state index is 11.2. The Hall–Kier alpha value is -0.0600. The zero-order valence-electron chi connectivity index (χ0n) is 9.30. The van der Waals surface area contributed by atoms with Crippen molar-refractivity contribution >= 4 is 16.9 Å². The zero-order chi connectivity index (χ0) is 10.6. The summed E-state index contributed by atoms with van der Waals surface area (Å²) >= 11 is 1.52. The van der Waals surface area contributed by atoms with Crippen molar-refractivity contribution in [3.05, 3.63) is 0 Å². The molecular formula is C10H20N2OS. The number of hydrogen-bond donors (Lipinski definition) is 1. The van der Waals surface area contributed by atoms with Gasteiger partial charge in [-0.1, -0.05) is 25.6 Å². The third kappa shape index (κ3) is 2.30. The van der Waals surface area contributed by atoms with Gasteiger partial charge in [-0.2, -0.15) is 0 Å². The molecule has 0 bridgehead atoms. The summed E-state index contributed by atoms with van der Waals surface area (Å²) in [7, 11) is 2.05. The van der Waals surface area contributed by atoms with Crippen molar-refractivity contribution in [3.63, 3.8) is 0 Å². The molecule has 0 radical (unpaired) electrons. The van der Waals surface area contributed by atoms with E-state index in [2.05, 4.69) is 10.2 Å². The molecule has 82 valence electrons. The molecule has 0 amide bonds. The molecule has 1 unspecified atom stereocenters. The van der Waals surface area contributed by atoms with E-state index in [1.165, 1.54) is 18.2 Å².